The van der Waals surface area contributed by atoms with Gasteiger partial charge in [0.05, 0.1) is 18.0 Å². The Balaban J connectivity index is 1.44. The first kappa shape index (κ1) is 29.0. The van der Waals surface area contributed by atoms with Crippen molar-refractivity contribution in [2.45, 2.75) is 27.4 Å². The Morgan fingerprint density at radius 3 is 2.32 bits per heavy atom. The standard InChI is InChI=1S/C37H33N3O3S/c1-4-42-32-20-27(16-18-31(32)43-22-25-11-7-5-8-12-25)28-21-30(26-13-9-6-10-14-26)40-37-33(28)34(38)35(44-37)36(41)39-29-17-15-23(2)19-24(29)3/h5-21H,4,22,38H2,1-3H3,(H,39,41). The molecule has 2 aromatic heterocycles. The van der Waals surface area contributed by atoms with Gasteiger partial charge in [0.15, 0.2) is 11.5 Å². The summed E-state index contributed by atoms with van der Waals surface area (Å²) in [4.78, 5) is 19.7. The van der Waals surface area contributed by atoms with Crippen LogP contribution in [0.25, 0.3) is 32.6 Å². The summed E-state index contributed by atoms with van der Waals surface area (Å²) < 4.78 is 12.2. The van der Waals surface area contributed by atoms with E-state index in [0.717, 1.165) is 50.1 Å². The molecule has 6 nitrogen and oxygen atoms in total. The molecule has 0 fully saturated rings. The molecule has 4 aromatic carbocycles. The van der Waals surface area contributed by atoms with Crippen LogP contribution >= 0.6 is 11.3 Å². The largest absolute Gasteiger partial charge is 0.490 e. The Bertz CT molecular complexity index is 1950. The molecule has 3 N–H and O–H groups in total. The number of rotatable bonds is 9. The number of hydrogen-bond acceptors (Lipinski definition) is 6. The monoisotopic (exact) mass is 599 g/mol. The number of nitrogens with one attached hydrogen (secondary N) is 1. The fourth-order valence-corrected chi connectivity index (χ4v) is 6.22. The number of ether oxygens (including phenoxy) is 2. The number of anilines is 2. The summed E-state index contributed by atoms with van der Waals surface area (Å²) in [6.07, 6.45) is 0. The number of carbonyl (C=O) groups excluding carboxylic acids is 1. The van der Waals surface area contributed by atoms with Gasteiger partial charge in [-0.05, 0) is 67.3 Å². The molecule has 0 aliphatic heterocycles. The van der Waals surface area contributed by atoms with Crippen molar-refractivity contribution in [1.82, 2.24) is 4.98 Å². The zero-order valence-corrected chi connectivity index (χ0v) is 25.7. The molecule has 0 aliphatic rings. The molecule has 7 heteroatoms. The molecule has 0 saturated carbocycles. The van der Waals surface area contributed by atoms with Crippen LogP contribution in [0.3, 0.4) is 0 Å². The van der Waals surface area contributed by atoms with Crippen molar-refractivity contribution in [1.29, 1.82) is 0 Å². The van der Waals surface area contributed by atoms with Gasteiger partial charge >= 0.3 is 0 Å². The lowest BCUT2D eigenvalue weighted by molar-refractivity contribution is 0.103. The third-order valence-electron chi connectivity index (χ3n) is 7.40. The molecular formula is C37H33N3O3S. The number of pyridine rings is 1. The Hall–Kier alpha value is -5.14. The summed E-state index contributed by atoms with van der Waals surface area (Å²) in [7, 11) is 0. The van der Waals surface area contributed by atoms with Crippen molar-refractivity contribution in [2.75, 3.05) is 17.7 Å². The molecule has 0 spiro atoms. The molecule has 44 heavy (non-hydrogen) atoms. The fourth-order valence-electron chi connectivity index (χ4n) is 5.21. The van der Waals surface area contributed by atoms with E-state index in [1.807, 2.05) is 124 Å². The highest BCUT2D eigenvalue weighted by Gasteiger charge is 2.23. The van der Waals surface area contributed by atoms with Crippen LogP contribution in [0.15, 0.2) is 103 Å². The number of aromatic nitrogens is 1. The summed E-state index contributed by atoms with van der Waals surface area (Å²) >= 11 is 1.30. The second kappa shape index (κ2) is 12.6. The number of nitrogens with zero attached hydrogens (tertiary/aromatic N) is 1. The zero-order valence-electron chi connectivity index (χ0n) is 24.9. The van der Waals surface area contributed by atoms with Gasteiger partial charge in [-0.25, -0.2) is 4.98 Å². The number of nitrogen functional groups attached to an aromatic ring is 1. The van der Waals surface area contributed by atoms with E-state index >= 15 is 0 Å². The maximum absolute atomic E-state index is 13.6. The topological polar surface area (TPSA) is 86.5 Å². The van der Waals surface area contributed by atoms with Crippen LogP contribution in [0.2, 0.25) is 0 Å². The second-order valence-corrected chi connectivity index (χ2v) is 11.6. The lowest BCUT2D eigenvalue weighted by atomic mass is 9.99. The minimum Gasteiger partial charge on any atom is -0.490 e. The summed E-state index contributed by atoms with van der Waals surface area (Å²) in [5.41, 5.74) is 14.6. The van der Waals surface area contributed by atoms with Crippen molar-refractivity contribution in [3.8, 4) is 33.9 Å². The molecule has 2 heterocycles. The van der Waals surface area contributed by atoms with Gasteiger partial charge < -0.3 is 20.5 Å². The highest BCUT2D eigenvalue weighted by atomic mass is 32.1. The van der Waals surface area contributed by atoms with Crippen LogP contribution in [-0.2, 0) is 6.61 Å². The third kappa shape index (κ3) is 6.00. The van der Waals surface area contributed by atoms with E-state index in [9.17, 15) is 4.79 Å². The molecule has 6 aromatic rings. The average Bonchev–Trinajstić information content (AvgIpc) is 3.38. The van der Waals surface area contributed by atoms with Crippen molar-refractivity contribution in [2.24, 2.45) is 0 Å². The summed E-state index contributed by atoms with van der Waals surface area (Å²) in [6, 6.07) is 33.9. The Kier molecular flexibility index (Phi) is 8.30. The first-order valence-electron chi connectivity index (χ1n) is 14.5. The molecule has 0 bridgehead atoms. The number of aryl methyl sites for hydroxylation is 2. The van der Waals surface area contributed by atoms with Gasteiger partial charge in [0.1, 0.15) is 16.3 Å². The average molecular weight is 600 g/mol. The van der Waals surface area contributed by atoms with Gasteiger partial charge in [0, 0.05) is 16.6 Å². The Morgan fingerprint density at radius 2 is 1.59 bits per heavy atom. The van der Waals surface area contributed by atoms with Gasteiger partial charge in [-0.2, -0.15) is 0 Å². The SMILES string of the molecule is CCOc1cc(-c2cc(-c3ccccc3)nc3sc(C(=O)Nc4ccc(C)cc4C)c(N)c23)ccc1OCc1ccccc1. The molecule has 0 atom stereocenters. The third-order valence-corrected chi connectivity index (χ3v) is 8.49. The van der Waals surface area contributed by atoms with Gasteiger partial charge in [0.25, 0.3) is 5.91 Å². The predicted octanol–water partition coefficient (Wildman–Crippen LogP) is 9.06. The maximum Gasteiger partial charge on any atom is 0.267 e. The minimum atomic E-state index is -0.260. The minimum absolute atomic E-state index is 0.260. The molecule has 220 valence electrons. The molecule has 6 rings (SSSR count). The van der Waals surface area contributed by atoms with E-state index in [-0.39, 0.29) is 5.91 Å². The van der Waals surface area contributed by atoms with Crippen LogP contribution in [0.5, 0.6) is 11.5 Å². The van der Waals surface area contributed by atoms with Crippen LogP contribution in [0.1, 0.15) is 33.3 Å². The van der Waals surface area contributed by atoms with Crippen molar-refractivity contribution in [3.05, 3.63) is 125 Å². The van der Waals surface area contributed by atoms with Gasteiger partial charge in [-0.3, -0.25) is 4.79 Å². The highest BCUT2D eigenvalue weighted by Crippen LogP contribution is 2.43. The van der Waals surface area contributed by atoms with Crippen molar-refractivity contribution >= 4 is 38.8 Å². The molecule has 0 saturated heterocycles. The van der Waals surface area contributed by atoms with E-state index in [2.05, 4.69) is 5.32 Å². The molecule has 0 radical (unpaired) electrons. The van der Waals surface area contributed by atoms with Crippen LogP contribution in [0, 0.1) is 13.8 Å². The first-order chi connectivity index (χ1) is 21.4. The van der Waals surface area contributed by atoms with Crippen molar-refractivity contribution < 1.29 is 14.3 Å². The number of fused-ring (bicyclic) bond motifs is 1. The number of carbonyl (C=O) groups is 1. The number of hydrogen-bond donors (Lipinski definition) is 2. The number of amides is 1. The first-order valence-corrected chi connectivity index (χ1v) is 15.3. The fraction of sp³-hybridized carbons (Fsp3) is 0.135. The van der Waals surface area contributed by atoms with E-state index in [1.54, 1.807) is 0 Å². The van der Waals surface area contributed by atoms with E-state index in [4.69, 9.17) is 20.2 Å². The quantitative estimate of drug-likeness (QED) is 0.173. The van der Waals surface area contributed by atoms with Crippen LogP contribution in [-0.4, -0.2) is 17.5 Å². The maximum atomic E-state index is 13.6. The van der Waals surface area contributed by atoms with Gasteiger partial charge in [0.2, 0.25) is 0 Å². The van der Waals surface area contributed by atoms with Gasteiger partial charge in [-0.1, -0.05) is 84.4 Å². The molecule has 0 unspecified atom stereocenters. The predicted molar refractivity (Wildman–Crippen MR) is 181 cm³/mol. The summed E-state index contributed by atoms with van der Waals surface area (Å²) in [5, 5.41) is 3.79. The number of nitrogens with two attached hydrogens (primary N) is 1. The van der Waals surface area contributed by atoms with E-state index < -0.39 is 0 Å². The number of benzene rings is 4. The highest BCUT2D eigenvalue weighted by molar-refractivity contribution is 7.21. The van der Waals surface area contributed by atoms with Crippen molar-refractivity contribution in [3.63, 3.8) is 0 Å². The van der Waals surface area contributed by atoms with Gasteiger partial charge in [-0.15, -0.1) is 11.3 Å². The molecule has 0 aliphatic carbocycles. The van der Waals surface area contributed by atoms with E-state index in [0.29, 0.717) is 40.1 Å². The zero-order chi connectivity index (χ0) is 30.6. The smallest absolute Gasteiger partial charge is 0.267 e. The molecule has 1 amide bonds. The summed E-state index contributed by atoms with van der Waals surface area (Å²) in [5.74, 6) is 1.03. The van der Waals surface area contributed by atoms with E-state index in [1.165, 1.54) is 11.3 Å². The summed E-state index contributed by atoms with van der Waals surface area (Å²) in [6.45, 7) is 6.86. The normalized spacial score (nSPS) is 11.0. The molecular weight excluding hydrogens is 566 g/mol. The lowest BCUT2D eigenvalue weighted by Gasteiger charge is -2.15. The number of thiophene rings is 1. The van der Waals surface area contributed by atoms with Crippen LogP contribution in [0.4, 0.5) is 11.4 Å². The van der Waals surface area contributed by atoms with Crippen LogP contribution < -0.4 is 20.5 Å². The second-order valence-electron chi connectivity index (χ2n) is 10.6. The lowest BCUT2D eigenvalue weighted by Crippen LogP contribution is -2.12. The Morgan fingerprint density at radius 1 is 0.841 bits per heavy atom. The Labute approximate surface area is 261 Å².